The summed E-state index contributed by atoms with van der Waals surface area (Å²) in [7, 11) is -8.45. The highest BCUT2D eigenvalue weighted by Gasteiger charge is 2.15. The molecule has 0 aromatic heterocycles. The van der Waals surface area contributed by atoms with Gasteiger partial charge >= 0.3 is 0 Å². The second-order valence-corrected chi connectivity index (χ2v) is 11.0. The molecule has 0 aliphatic heterocycles. The lowest BCUT2D eigenvalue weighted by molar-refractivity contribution is 0.479. The number of rotatable bonds is 10. The molecule has 0 heterocycles. The molecule has 6 nitrogen and oxygen atoms in total. The molecule has 0 atom stereocenters. The van der Waals surface area contributed by atoms with E-state index in [0.29, 0.717) is 36.8 Å². The summed E-state index contributed by atoms with van der Waals surface area (Å²) in [6.45, 7) is 3.75. The first-order chi connectivity index (χ1) is 16.0. The van der Waals surface area contributed by atoms with Crippen LogP contribution in [-0.4, -0.2) is 25.9 Å². The van der Waals surface area contributed by atoms with Crippen molar-refractivity contribution in [2.75, 3.05) is 0 Å². The first-order valence-corrected chi connectivity index (χ1v) is 14.0. The van der Waals surface area contributed by atoms with E-state index >= 15 is 0 Å². The first-order valence-electron chi connectivity index (χ1n) is 11.1. The Labute approximate surface area is 203 Å². The highest BCUT2D eigenvalue weighted by atomic mass is 32.2. The molecule has 182 valence electrons. The van der Waals surface area contributed by atoms with Gasteiger partial charge in [0.2, 0.25) is 0 Å². The van der Waals surface area contributed by atoms with Crippen LogP contribution in [0, 0.1) is 37.5 Å². The zero-order valence-corrected chi connectivity index (χ0v) is 21.1. The van der Waals surface area contributed by atoms with E-state index in [1.54, 1.807) is 24.3 Å². The zero-order valence-electron chi connectivity index (χ0n) is 19.5. The summed E-state index contributed by atoms with van der Waals surface area (Å²) in [5, 5.41) is 0. The maximum Gasteiger partial charge on any atom is 0.294 e. The number of aryl methyl sites for hydroxylation is 4. The van der Waals surface area contributed by atoms with Crippen LogP contribution in [0.25, 0.3) is 0 Å². The van der Waals surface area contributed by atoms with Crippen molar-refractivity contribution < 1.29 is 25.9 Å². The van der Waals surface area contributed by atoms with Crippen LogP contribution >= 0.6 is 0 Å². The summed E-state index contributed by atoms with van der Waals surface area (Å²) < 4.78 is 64.7. The van der Waals surface area contributed by atoms with Crippen molar-refractivity contribution in [2.24, 2.45) is 0 Å². The Morgan fingerprint density at radius 3 is 1.38 bits per heavy atom. The van der Waals surface area contributed by atoms with Gasteiger partial charge in [0.15, 0.2) is 0 Å². The number of benzene rings is 2. The van der Waals surface area contributed by atoms with E-state index in [2.05, 4.69) is 23.7 Å². The van der Waals surface area contributed by atoms with Crippen LogP contribution in [0.15, 0.2) is 46.2 Å². The van der Waals surface area contributed by atoms with Crippen LogP contribution in [0.3, 0.4) is 0 Å². The highest BCUT2D eigenvalue weighted by Crippen LogP contribution is 2.20. The van der Waals surface area contributed by atoms with Gasteiger partial charge in [-0.05, 0) is 87.5 Å². The van der Waals surface area contributed by atoms with Crippen molar-refractivity contribution in [2.45, 2.75) is 75.0 Å². The predicted molar refractivity (Wildman–Crippen MR) is 133 cm³/mol. The van der Waals surface area contributed by atoms with Crippen molar-refractivity contribution in [1.29, 1.82) is 0 Å². The molecule has 2 aromatic rings. The Hall–Kier alpha value is -2.62. The van der Waals surface area contributed by atoms with Crippen LogP contribution in [-0.2, 0) is 33.1 Å². The molecule has 0 aliphatic rings. The van der Waals surface area contributed by atoms with Crippen molar-refractivity contribution >= 4 is 20.2 Å². The van der Waals surface area contributed by atoms with Crippen LogP contribution in [0.4, 0.5) is 0 Å². The second-order valence-electron chi connectivity index (χ2n) is 8.19. The molecule has 0 spiro atoms. The molecule has 0 saturated carbocycles. The van der Waals surface area contributed by atoms with Gasteiger partial charge in [0.25, 0.3) is 20.2 Å². The van der Waals surface area contributed by atoms with Gasteiger partial charge in [0.1, 0.15) is 0 Å². The zero-order chi connectivity index (χ0) is 25.2. The van der Waals surface area contributed by atoms with Crippen LogP contribution < -0.4 is 0 Å². The fourth-order valence-electron chi connectivity index (χ4n) is 3.58. The Morgan fingerprint density at radius 2 is 1.03 bits per heavy atom. The topological polar surface area (TPSA) is 109 Å². The molecule has 2 rings (SSSR count). The molecule has 0 amide bonds. The van der Waals surface area contributed by atoms with Crippen molar-refractivity contribution in [3.8, 4) is 23.7 Å². The van der Waals surface area contributed by atoms with E-state index in [0.717, 1.165) is 36.8 Å². The number of hydrogen-bond acceptors (Lipinski definition) is 4. The average Bonchev–Trinajstić information content (AvgIpc) is 2.73. The quantitative estimate of drug-likeness (QED) is 0.271. The maximum atomic E-state index is 11.5. The molecule has 0 unspecified atom stereocenters. The number of unbranched alkanes of at least 4 members (excludes halogenated alkanes) is 4. The molecule has 34 heavy (non-hydrogen) atoms. The molecule has 0 aliphatic carbocycles. The van der Waals surface area contributed by atoms with E-state index in [-0.39, 0.29) is 9.79 Å². The fraction of sp³-hybridized carbons (Fsp3) is 0.385. The lowest BCUT2D eigenvalue weighted by atomic mass is 10.0. The maximum absolute atomic E-state index is 11.5. The van der Waals surface area contributed by atoms with Crippen molar-refractivity contribution in [3.63, 3.8) is 0 Å². The molecular weight excluding hydrogens is 472 g/mol. The summed E-state index contributed by atoms with van der Waals surface area (Å²) in [4.78, 5) is -0.0710. The first kappa shape index (κ1) is 27.6. The summed E-state index contributed by atoms with van der Waals surface area (Å²) in [5.74, 6) is 11.6. The van der Waals surface area contributed by atoms with Crippen LogP contribution in [0.2, 0.25) is 0 Å². The normalized spacial score (nSPS) is 11.3. The van der Waals surface area contributed by atoms with Gasteiger partial charge in [-0.25, -0.2) is 0 Å². The molecule has 8 heteroatoms. The van der Waals surface area contributed by atoms with Crippen molar-refractivity contribution in [1.82, 2.24) is 0 Å². The Morgan fingerprint density at radius 1 is 0.647 bits per heavy atom. The third-order valence-electron chi connectivity index (χ3n) is 5.22. The van der Waals surface area contributed by atoms with E-state index in [9.17, 15) is 25.9 Å². The SMILES string of the molecule is Cc1ccc(S(=O)(=O)O)c(CCCCC#CC#CCCCCc2cc(C)ccc2S(=O)(=O)O)c1. The predicted octanol–water partition coefficient (Wildman–Crippen LogP) is 4.93. The summed E-state index contributed by atoms with van der Waals surface area (Å²) in [5.41, 5.74) is 3.11. The monoisotopic (exact) mass is 502 g/mol. The smallest absolute Gasteiger partial charge is 0.282 e. The Kier molecular flexibility index (Phi) is 10.3. The summed E-state index contributed by atoms with van der Waals surface area (Å²) in [6, 6.07) is 9.76. The molecule has 0 fully saturated rings. The lowest BCUT2D eigenvalue weighted by Gasteiger charge is -2.07. The van der Waals surface area contributed by atoms with Gasteiger partial charge in [-0.1, -0.05) is 47.2 Å². The molecule has 2 N–H and O–H groups in total. The van der Waals surface area contributed by atoms with E-state index in [1.165, 1.54) is 12.1 Å². The molecule has 0 saturated heterocycles. The van der Waals surface area contributed by atoms with Gasteiger partial charge in [0.05, 0.1) is 9.79 Å². The van der Waals surface area contributed by atoms with Crippen LogP contribution in [0.5, 0.6) is 0 Å². The average molecular weight is 503 g/mol. The second kappa shape index (κ2) is 12.7. The van der Waals surface area contributed by atoms with E-state index in [4.69, 9.17) is 0 Å². The minimum Gasteiger partial charge on any atom is -0.282 e. The molecular formula is C26H30O6S2. The van der Waals surface area contributed by atoms with Gasteiger partial charge < -0.3 is 0 Å². The third kappa shape index (κ3) is 9.32. The standard InChI is InChI=1S/C26H30O6S2/c1-21-15-17-25(33(27,28)29)23(19-21)13-11-9-7-5-3-4-6-8-10-12-14-24-20-22(2)16-18-26(24)34(30,31)32/h15-20H,7-14H2,1-2H3,(H,27,28,29)(H,30,31,32). The summed E-state index contributed by atoms with van der Waals surface area (Å²) in [6.07, 6.45) is 5.47. The molecule has 0 bridgehead atoms. The van der Waals surface area contributed by atoms with Gasteiger partial charge in [-0.2, -0.15) is 16.8 Å². The van der Waals surface area contributed by atoms with Gasteiger partial charge in [-0.3, -0.25) is 9.11 Å². The fourth-order valence-corrected chi connectivity index (χ4v) is 5.05. The number of hydrogen-bond donors (Lipinski definition) is 2. The minimum atomic E-state index is -4.23. The third-order valence-corrected chi connectivity index (χ3v) is 7.13. The van der Waals surface area contributed by atoms with Crippen molar-refractivity contribution in [3.05, 3.63) is 58.7 Å². The highest BCUT2D eigenvalue weighted by molar-refractivity contribution is 7.86. The Balaban J connectivity index is 1.71. The largest absolute Gasteiger partial charge is 0.294 e. The molecule has 2 aromatic carbocycles. The van der Waals surface area contributed by atoms with Gasteiger partial charge in [0, 0.05) is 12.8 Å². The summed E-state index contributed by atoms with van der Waals surface area (Å²) >= 11 is 0. The van der Waals surface area contributed by atoms with Crippen LogP contribution in [0.1, 0.15) is 60.8 Å². The van der Waals surface area contributed by atoms with Gasteiger partial charge in [-0.15, -0.1) is 0 Å². The molecule has 0 radical (unpaired) electrons. The minimum absolute atomic E-state index is 0.0355. The van der Waals surface area contributed by atoms with E-state index in [1.807, 2.05) is 13.8 Å². The lowest BCUT2D eigenvalue weighted by Crippen LogP contribution is -2.03. The Bertz CT molecular complexity index is 1230. The van der Waals surface area contributed by atoms with E-state index < -0.39 is 20.2 Å².